The van der Waals surface area contributed by atoms with Crippen LogP contribution in [-0.4, -0.2) is 0 Å². The van der Waals surface area contributed by atoms with Gasteiger partial charge in [0, 0.05) is 45.2 Å². The van der Waals surface area contributed by atoms with Crippen LogP contribution in [0.3, 0.4) is 0 Å². The van der Waals surface area contributed by atoms with E-state index < -0.39 is 0 Å². The number of para-hydroxylation sites is 1. The van der Waals surface area contributed by atoms with Gasteiger partial charge in [-0.3, -0.25) is 0 Å². The number of benzene rings is 8. The van der Waals surface area contributed by atoms with Crippen molar-refractivity contribution in [2.45, 2.75) is 12.8 Å². The monoisotopic (exact) mass is 731 g/mol. The smallest absolute Gasteiger partial charge is 0.136 e. The first-order valence-corrected chi connectivity index (χ1v) is 19.6. The predicted molar refractivity (Wildman–Crippen MR) is 237 cm³/mol. The molecule has 0 radical (unpaired) electrons. The summed E-state index contributed by atoms with van der Waals surface area (Å²) in [4.78, 5) is 2.34. The molecule has 1 aliphatic carbocycles. The second kappa shape index (κ2) is 13.7. The van der Waals surface area contributed by atoms with E-state index in [4.69, 9.17) is 8.83 Å². The lowest BCUT2D eigenvalue weighted by Gasteiger charge is -2.26. The molecule has 0 saturated heterocycles. The van der Waals surface area contributed by atoms with E-state index in [1.54, 1.807) is 0 Å². The molecule has 0 N–H and O–H groups in total. The summed E-state index contributed by atoms with van der Waals surface area (Å²) in [5, 5.41) is 3.47. The van der Waals surface area contributed by atoms with Gasteiger partial charge in [0.25, 0.3) is 0 Å². The highest BCUT2D eigenvalue weighted by Crippen LogP contribution is 2.42. The van der Waals surface area contributed by atoms with Crippen LogP contribution >= 0.6 is 0 Å². The van der Waals surface area contributed by atoms with Crippen LogP contribution in [0.5, 0.6) is 0 Å². The number of anilines is 3. The molecule has 0 unspecified atom stereocenters. The van der Waals surface area contributed by atoms with Gasteiger partial charge in [0.15, 0.2) is 0 Å². The second-order valence-electron chi connectivity index (χ2n) is 14.8. The van der Waals surface area contributed by atoms with Crippen molar-refractivity contribution in [3.05, 3.63) is 205 Å². The fourth-order valence-corrected chi connectivity index (χ4v) is 8.57. The first-order chi connectivity index (χ1) is 28.2. The summed E-state index contributed by atoms with van der Waals surface area (Å²) in [7, 11) is 0. The summed E-state index contributed by atoms with van der Waals surface area (Å²) in [6, 6.07) is 67.1. The van der Waals surface area contributed by atoms with E-state index in [0.29, 0.717) is 0 Å². The molecule has 8 aromatic carbocycles. The highest BCUT2D eigenvalue weighted by Gasteiger charge is 2.20. The summed E-state index contributed by atoms with van der Waals surface area (Å²) in [6.45, 7) is 0. The third kappa shape index (κ3) is 5.84. The minimum Gasteiger partial charge on any atom is -0.460 e. The Bertz CT molecular complexity index is 3080. The summed E-state index contributed by atoms with van der Waals surface area (Å²) < 4.78 is 12.5. The number of aryl methyl sites for hydroxylation is 1. The Morgan fingerprint density at radius 2 is 0.842 bits per heavy atom. The van der Waals surface area contributed by atoms with Crippen LogP contribution in [0.25, 0.3) is 83.5 Å². The quantitative estimate of drug-likeness (QED) is 0.163. The molecule has 2 heterocycles. The van der Waals surface area contributed by atoms with Crippen LogP contribution in [0.15, 0.2) is 203 Å². The molecular formula is C54H37NO2. The van der Waals surface area contributed by atoms with Gasteiger partial charge in [-0.05, 0) is 106 Å². The van der Waals surface area contributed by atoms with E-state index in [1.807, 2.05) is 12.1 Å². The lowest BCUT2D eigenvalue weighted by atomic mass is 9.95. The Balaban J connectivity index is 0.977. The Morgan fingerprint density at radius 3 is 1.46 bits per heavy atom. The van der Waals surface area contributed by atoms with Gasteiger partial charge in [-0.1, -0.05) is 146 Å². The first kappa shape index (κ1) is 33.0. The van der Waals surface area contributed by atoms with E-state index in [-0.39, 0.29) is 0 Å². The van der Waals surface area contributed by atoms with Gasteiger partial charge in [-0.25, -0.2) is 0 Å². The van der Waals surface area contributed by atoms with Gasteiger partial charge in [0.1, 0.15) is 22.5 Å². The largest absolute Gasteiger partial charge is 0.460 e. The molecule has 0 aliphatic heterocycles. The zero-order valence-corrected chi connectivity index (χ0v) is 31.2. The first-order valence-electron chi connectivity index (χ1n) is 19.6. The molecule has 1 aliphatic rings. The number of hydrogen-bond acceptors (Lipinski definition) is 3. The lowest BCUT2D eigenvalue weighted by molar-refractivity contribution is 0.546. The highest BCUT2D eigenvalue weighted by molar-refractivity contribution is 6.12. The molecule has 11 rings (SSSR count). The average Bonchev–Trinajstić information content (AvgIpc) is 3.87. The molecule has 3 nitrogen and oxygen atoms in total. The topological polar surface area (TPSA) is 29.5 Å². The maximum Gasteiger partial charge on any atom is 0.136 e. The van der Waals surface area contributed by atoms with Crippen LogP contribution in [0.2, 0.25) is 0 Å². The minimum atomic E-state index is 0.900. The van der Waals surface area contributed by atoms with Crippen molar-refractivity contribution in [1.82, 2.24) is 0 Å². The minimum absolute atomic E-state index is 0.900. The molecule has 0 fully saturated rings. The maximum absolute atomic E-state index is 6.31. The zero-order chi connectivity index (χ0) is 37.7. The van der Waals surface area contributed by atoms with Crippen LogP contribution in [0, 0.1) is 0 Å². The Hall–Kier alpha value is -7.36. The van der Waals surface area contributed by atoms with Crippen LogP contribution < -0.4 is 4.90 Å². The van der Waals surface area contributed by atoms with Crippen LogP contribution in [0.4, 0.5) is 17.1 Å². The number of hydrogen-bond donors (Lipinski definition) is 0. The van der Waals surface area contributed by atoms with Gasteiger partial charge in [0.05, 0.1) is 0 Å². The number of allylic oxidation sites excluding steroid dienone is 1. The maximum atomic E-state index is 6.31. The second-order valence-corrected chi connectivity index (χ2v) is 14.8. The van der Waals surface area contributed by atoms with Gasteiger partial charge < -0.3 is 13.7 Å². The van der Waals surface area contributed by atoms with Gasteiger partial charge in [0.2, 0.25) is 0 Å². The highest BCUT2D eigenvalue weighted by atomic mass is 16.3. The fourth-order valence-electron chi connectivity index (χ4n) is 8.57. The number of nitrogens with zero attached hydrogens (tertiary/aromatic N) is 1. The fraction of sp³-hybridized carbons (Fsp3) is 0.0370. The molecule has 57 heavy (non-hydrogen) atoms. The van der Waals surface area contributed by atoms with Crippen molar-refractivity contribution < 1.29 is 8.83 Å². The molecule has 0 bridgehead atoms. The molecule has 2 aromatic heterocycles. The van der Waals surface area contributed by atoms with Gasteiger partial charge >= 0.3 is 0 Å². The number of rotatable bonds is 7. The van der Waals surface area contributed by atoms with Crippen molar-refractivity contribution in [3.63, 3.8) is 0 Å². The Labute approximate surface area is 331 Å². The molecule has 0 spiro atoms. The summed E-state index contributed by atoms with van der Waals surface area (Å²) in [5.41, 5.74) is 16.7. The van der Waals surface area contributed by atoms with E-state index >= 15 is 0 Å². The zero-order valence-electron chi connectivity index (χ0n) is 31.2. The van der Waals surface area contributed by atoms with Crippen molar-refractivity contribution in [2.75, 3.05) is 4.90 Å². The van der Waals surface area contributed by atoms with Crippen molar-refractivity contribution in [2.24, 2.45) is 0 Å². The summed E-state index contributed by atoms with van der Waals surface area (Å²) in [5.74, 6) is 1.08. The SMILES string of the molecule is C1=Cc2c(oc3cccc(-c4ccc(N(c5ccc(-c6ccc(-c7ccccc7)cc6)cc5)c5ccc(-c6cccc7oc8ccccc8c67)cc5)cc4)c23)CC1. The third-order valence-corrected chi connectivity index (χ3v) is 11.4. The van der Waals surface area contributed by atoms with E-state index in [1.165, 1.54) is 38.8 Å². The Kier molecular flexibility index (Phi) is 7.96. The van der Waals surface area contributed by atoms with E-state index in [2.05, 4.69) is 193 Å². The van der Waals surface area contributed by atoms with Crippen molar-refractivity contribution in [1.29, 1.82) is 0 Å². The molecule has 0 saturated carbocycles. The third-order valence-electron chi connectivity index (χ3n) is 11.4. The molecule has 0 amide bonds. The van der Waals surface area contributed by atoms with Crippen molar-refractivity contribution >= 4 is 56.0 Å². The lowest BCUT2D eigenvalue weighted by Crippen LogP contribution is -2.09. The average molecular weight is 732 g/mol. The summed E-state index contributed by atoms with van der Waals surface area (Å²) >= 11 is 0. The standard InChI is InChI=1S/C54H37NO2/c1-2-10-36(11-3-1)37-20-22-38(23-21-37)39-24-30-42(31-25-39)55(43-32-26-40(27-33-43)45-14-8-18-51-53(45)47-12-4-6-16-49(47)56-51)44-34-28-41(29-35-44)46-15-9-19-52-54(46)48-13-5-7-17-50(48)57-52/h1-6,8-16,18-35H,7,17H2. The molecule has 270 valence electrons. The summed E-state index contributed by atoms with van der Waals surface area (Å²) in [6.07, 6.45) is 6.44. The molecule has 3 heteroatoms. The molecule has 10 aromatic rings. The van der Waals surface area contributed by atoms with E-state index in [9.17, 15) is 0 Å². The molecular weight excluding hydrogens is 695 g/mol. The van der Waals surface area contributed by atoms with Gasteiger partial charge in [-0.15, -0.1) is 0 Å². The van der Waals surface area contributed by atoms with Crippen molar-refractivity contribution in [3.8, 4) is 44.5 Å². The van der Waals surface area contributed by atoms with Crippen LogP contribution in [0.1, 0.15) is 17.7 Å². The predicted octanol–water partition coefficient (Wildman–Crippen LogP) is 15.4. The van der Waals surface area contributed by atoms with Gasteiger partial charge in [-0.2, -0.15) is 0 Å². The van der Waals surface area contributed by atoms with Crippen LogP contribution in [-0.2, 0) is 6.42 Å². The van der Waals surface area contributed by atoms with E-state index in [0.717, 1.165) is 79.9 Å². The normalized spacial score (nSPS) is 12.4. The number of fused-ring (bicyclic) bond motifs is 6. The molecule has 0 atom stereocenters. The Morgan fingerprint density at radius 1 is 0.368 bits per heavy atom. The number of furan rings is 2.